The zero-order valence-electron chi connectivity index (χ0n) is 18.7. The fraction of sp³-hybridized carbons (Fsp3) is 0.538. The van der Waals surface area contributed by atoms with E-state index in [1.807, 2.05) is 29.2 Å². The number of aromatic nitrogens is 2. The summed E-state index contributed by atoms with van der Waals surface area (Å²) < 4.78 is 0. The molecule has 2 amide bonds. The summed E-state index contributed by atoms with van der Waals surface area (Å²) in [6.45, 7) is 1.05. The minimum absolute atomic E-state index is 0.0701. The molecule has 4 bridgehead atoms. The van der Waals surface area contributed by atoms with Gasteiger partial charge in [0, 0.05) is 17.1 Å². The summed E-state index contributed by atoms with van der Waals surface area (Å²) in [5.74, 6) is 3.04. The molecule has 7 heteroatoms. The molecule has 33 heavy (non-hydrogen) atoms. The molecule has 0 saturated heterocycles. The second-order valence-corrected chi connectivity index (χ2v) is 11.1. The molecule has 4 fully saturated rings. The van der Waals surface area contributed by atoms with Crippen molar-refractivity contribution in [2.45, 2.75) is 57.9 Å². The van der Waals surface area contributed by atoms with Gasteiger partial charge in [0.05, 0.1) is 24.1 Å². The molecule has 0 unspecified atom stereocenters. The predicted molar refractivity (Wildman–Crippen MR) is 126 cm³/mol. The van der Waals surface area contributed by atoms with Crippen LogP contribution in [0.5, 0.6) is 0 Å². The fourth-order valence-corrected chi connectivity index (χ4v) is 7.32. The van der Waals surface area contributed by atoms with Crippen LogP contribution >= 0.6 is 11.6 Å². The number of carbonyl (C=O) groups excluding carboxylic acids is 2. The van der Waals surface area contributed by atoms with Crippen LogP contribution in [0, 0.1) is 23.2 Å². The van der Waals surface area contributed by atoms with Gasteiger partial charge in [-0.1, -0.05) is 23.7 Å². The van der Waals surface area contributed by atoms with E-state index in [-0.39, 0.29) is 17.2 Å². The first kappa shape index (κ1) is 21.1. The lowest BCUT2D eigenvalue weighted by Gasteiger charge is -2.55. The third kappa shape index (κ3) is 3.92. The van der Waals surface area contributed by atoms with Crippen molar-refractivity contribution in [1.29, 1.82) is 0 Å². The highest BCUT2D eigenvalue weighted by molar-refractivity contribution is 6.30. The van der Waals surface area contributed by atoms with E-state index in [2.05, 4.69) is 15.3 Å². The van der Waals surface area contributed by atoms with Crippen LogP contribution in [0.2, 0.25) is 5.02 Å². The first-order valence-corrected chi connectivity index (χ1v) is 12.5. The molecule has 0 spiro atoms. The van der Waals surface area contributed by atoms with Crippen LogP contribution in [-0.2, 0) is 29.0 Å². The first-order chi connectivity index (χ1) is 16.0. The molecule has 1 aliphatic heterocycles. The van der Waals surface area contributed by atoms with Crippen molar-refractivity contribution in [2.75, 3.05) is 11.9 Å². The van der Waals surface area contributed by atoms with Crippen molar-refractivity contribution in [3.63, 3.8) is 0 Å². The molecule has 1 aromatic heterocycles. The van der Waals surface area contributed by atoms with Gasteiger partial charge in [0.2, 0.25) is 11.8 Å². The number of halogens is 1. The van der Waals surface area contributed by atoms with Crippen molar-refractivity contribution in [2.24, 2.45) is 23.2 Å². The van der Waals surface area contributed by atoms with Gasteiger partial charge in [0.1, 0.15) is 12.1 Å². The molecule has 2 heterocycles. The molecule has 0 atom stereocenters. The van der Waals surface area contributed by atoms with E-state index in [1.165, 1.54) is 25.6 Å². The molecule has 1 N–H and O–H groups in total. The van der Waals surface area contributed by atoms with Crippen LogP contribution < -0.4 is 5.32 Å². The highest BCUT2D eigenvalue weighted by atomic mass is 35.5. The fourth-order valence-electron chi connectivity index (χ4n) is 7.19. The average Bonchev–Trinajstić information content (AvgIpc) is 2.79. The summed E-state index contributed by atoms with van der Waals surface area (Å²) in [7, 11) is 0. The minimum atomic E-state index is -0.207. The number of nitrogens with zero attached hydrogens (tertiary/aromatic N) is 3. The number of nitrogens with one attached hydrogen (secondary N) is 1. The average molecular weight is 465 g/mol. The van der Waals surface area contributed by atoms with E-state index >= 15 is 0 Å². The SMILES string of the molecule is O=C(Cc1ccc(Cl)cc1)N1CCc2c(ncnc2NC(=O)C23CC4CC(CC(C4)C2)C3)C1. The topological polar surface area (TPSA) is 75.2 Å². The molecule has 2 aromatic rings. The number of hydrogen-bond acceptors (Lipinski definition) is 4. The minimum Gasteiger partial charge on any atom is -0.336 e. The van der Waals surface area contributed by atoms with Crippen molar-refractivity contribution in [3.8, 4) is 0 Å². The Morgan fingerprint density at radius 3 is 2.36 bits per heavy atom. The van der Waals surface area contributed by atoms with Crippen LogP contribution in [0.3, 0.4) is 0 Å². The van der Waals surface area contributed by atoms with Gasteiger partial charge in [-0.05, 0) is 80.4 Å². The highest BCUT2D eigenvalue weighted by Gasteiger charge is 2.54. The molecule has 7 rings (SSSR count). The Hall–Kier alpha value is -2.47. The van der Waals surface area contributed by atoms with Gasteiger partial charge < -0.3 is 10.2 Å². The van der Waals surface area contributed by atoms with Gasteiger partial charge in [-0.25, -0.2) is 9.97 Å². The Morgan fingerprint density at radius 1 is 1.03 bits per heavy atom. The number of carbonyl (C=O) groups is 2. The molecule has 1 aromatic carbocycles. The lowest BCUT2D eigenvalue weighted by Crippen LogP contribution is -2.52. The molecule has 172 valence electrons. The van der Waals surface area contributed by atoms with Crippen LogP contribution in [0.4, 0.5) is 5.82 Å². The molecule has 6 nitrogen and oxygen atoms in total. The maximum absolute atomic E-state index is 13.5. The maximum atomic E-state index is 13.5. The molecular formula is C26H29ClN4O2. The summed E-state index contributed by atoms with van der Waals surface area (Å²) in [5, 5.41) is 3.88. The quantitative estimate of drug-likeness (QED) is 0.727. The van der Waals surface area contributed by atoms with Gasteiger partial charge >= 0.3 is 0 Å². The van der Waals surface area contributed by atoms with Gasteiger partial charge in [-0.15, -0.1) is 0 Å². The van der Waals surface area contributed by atoms with Crippen LogP contribution in [0.15, 0.2) is 30.6 Å². The van der Waals surface area contributed by atoms with Gasteiger partial charge in [0.15, 0.2) is 0 Å². The summed E-state index contributed by atoms with van der Waals surface area (Å²) in [6.07, 6.45) is 9.55. The Balaban J connectivity index is 1.15. The van der Waals surface area contributed by atoms with Crippen LogP contribution in [-0.4, -0.2) is 33.2 Å². The van der Waals surface area contributed by atoms with Crippen LogP contribution in [0.25, 0.3) is 0 Å². The summed E-state index contributed by atoms with van der Waals surface area (Å²) >= 11 is 5.95. The van der Waals surface area contributed by atoms with E-state index in [9.17, 15) is 9.59 Å². The predicted octanol–water partition coefficient (Wildman–Crippen LogP) is 4.41. The Labute approximate surface area is 199 Å². The standard InChI is InChI=1S/C26H29ClN4O2/c27-20-3-1-16(2-4-20)10-23(32)31-6-5-21-22(14-31)28-15-29-24(21)30-25(33)26-11-17-7-18(12-26)9-19(8-17)13-26/h1-4,15,17-19H,5-14H2,(H,28,29,30,33). The molecule has 0 radical (unpaired) electrons. The Bertz CT molecular complexity index is 1060. The molecular weight excluding hydrogens is 436 g/mol. The third-order valence-corrected chi connectivity index (χ3v) is 8.63. The second-order valence-electron chi connectivity index (χ2n) is 10.7. The second kappa shape index (κ2) is 8.08. The Kier molecular flexibility index (Phi) is 5.17. The van der Waals surface area contributed by atoms with Crippen molar-refractivity contribution in [1.82, 2.24) is 14.9 Å². The summed E-state index contributed by atoms with van der Waals surface area (Å²) in [4.78, 5) is 37.1. The smallest absolute Gasteiger partial charge is 0.231 e. The van der Waals surface area contributed by atoms with Crippen molar-refractivity contribution < 1.29 is 9.59 Å². The lowest BCUT2D eigenvalue weighted by atomic mass is 9.49. The number of anilines is 1. The third-order valence-electron chi connectivity index (χ3n) is 8.38. The zero-order valence-corrected chi connectivity index (χ0v) is 19.5. The monoisotopic (exact) mass is 464 g/mol. The zero-order chi connectivity index (χ0) is 22.6. The van der Waals surface area contributed by atoms with E-state index in [1.54, 1.807) is 0 Å². The highest BCUT2D eigenvalue weighted by Crippen LogP contribution is 2.60. The summed E-state index contributed by atoms with van der Waals surface area (Å²) in [6, 6.07) is 7.39. The lowest BCUT2D eigenvalue weighted by molar-refractivity contribution is -0.140. The van der Waals surface area contributed by atoms with E-state index in [0.717, 1.165) is 53.8 Å². The maximum Gasteiger partial charge on any atom is 0.231 e. The largest absolute Gasteiger partial charge is 0.336 e. The normalized spacial score (nSPS) is 29.6. The molecule has 4 aliphatic carbocycles. The van der Waals surface area contributed by atoms with E-state index < -0.39 is 0 Å². The van der Waals surface area contributed by atoms with Crippen LogP contribution in [0.1, 0.15) is 55.3 Å². The first-order valence-electron chi connectivity index (χ1n) is 12.1. The van der Waals surface area contributed by atoms with E-state index in [4.69, 9.17) is 11.6 Å². The van der Waals surface area contributed by atoms with Gasteiger partial charge in [-0.3, -0.25) is 9.59 Å². The summed E-state index contributed by atoms with van der Waals surface area (Å²) in [5.41, 5.74) is 2.55. The van der Waals surface area contributed by atoms with Gasteiger partial charge in [0.25, 0.3) is 0 Å². The number of amides is 2. The Morgan fingerprint density at radius 2 is 1.70 bits per heavy atom. The number of hydrogen-bond donors (Lipinski definition) is 1. The van der Waals surface area contributed by atoms with E-state index in [0.29, 0.717) is 36.8 Å². The number of rotatable bonds is 4. The van der Waals surface area contributed by atoms with Crippen molar-refractivity contribution in [3.05, 3.63) is 52.4 Å². The molecule has 4 saturated carbocycles. The van der Waals surface area contributed by atoms with Gasteiger partial charge in [-0.2, -0.15) is 0 Å². The van der Waals surface area contributed by atoms with Crippen molar-refractivity contribution >= 4 is 29.2 Å². The number of fused-ring (bicyclic) bond motifs is 1. The number of benzene rings is 1. The molecule has 5 aliphatic rings.